The number of hydrogen-bond donors (Lipinski definition) is 1. The van der Waals surface area contributed by atoms with Gasteiger partial charge in [-0.05, 0) is 45.5 Å². The normalized spacial score (nSPS) is 24.1. The van der Waals surface area contributed by atoms with Crippen LogP contribution in [0.1, 0.15) is 30.1 Å². The molecule has 0 saturated carbocycles. The molecule has 1 saturated heterocycles. The minimum absolute atomic E-state index is 0.269. The Morgan fingerprint density at radius 2 is 2.16 bits per heavy atom. The lowest BCUT2D eigenvalue weighted by atomic mass is 9.99. The van der Waals surface area contributed by atoms with Crippen molar-refractivity contribution in [2.24, 2.45) is 0 Å². The van der Waals surface area contributed by atoms with Crippen LogP contribution in [-0.4, -0.2) is 43.3 Å². The largest absolute Gasteiger partial charge is 0.446 e. The monoisotopic (exact) mass is 262 g/mol. The van der Waals surface area contributed by atoms with Crippen LogP contribution in [0.3, 0.4) is 0 Å². The van der Waals surface area contributed by atoms with E-state index in [1.165, 1.54) is 0 Å². The van der Waals surface area contributed by atoms with Gasteiger partial charge in [0.15, 0.2) is 0 Å². The van der Waals surface area contributed by atoms with Gasteiger partial charge >= 0.3 is 5.97 Å². The van der Waals surface area contributed by atoms with Gasteiger partial charge in [-0.3, -0.25) is 5.32 Å². The van der Waals surface area contributed by atoms with Gasteiger partial charge in [0.05, 0.1) is 5.56 Å². The summed E-state index contributed by atoms with van der Waals surface area (Å²) < 4.78 is 5.23. The van der Waals surface area contributed by atoms with Crippen molar-refractivity contribution in [2.45, 2.75) is 31.8 Å². The van der Waals surface area contributed by atoms with Crippen LogP contribution in [0.4, 0.5) is 0 Å². The van der Waals surface area contributed by atoms with E-state index in [9.17, 15) is 4.79 Å². The van der Waals surface area contributed by atoms with Crippen molar-refractivity contribution in [3.8, 4) is 0 Å². The molecule has 0 bridgehead atoms. The lowest BCUT2D eigenvalue weighted by Crippen LogP contribution is -2.46. The number of nitrogens with zero attached hydrogens (tertiary/aromatic N) is 1. The van der Waals surface area contributed by atoms with Gasteiger partial charge in [0.2, 0.25) is 0 Å². The highest BCUT2D eigenvalue weighted by Crippen LogP contribution is 2.15. The number of likely N-dealkylation sites (tertiary alicyclic amines) is 1. The Morgan fingerprint density at radius 1 is 1.42 bits per heavy atom. The zero-order valence-electron chi connectivity index (χ0n) is 11.6. The Morgan fingerprint density at radius 3 is 2.84 bits per heavy atom. The zero-order chi connectivity index (χ0) is 13.7. The van der Waals surface area contributed by atoms with E-state index in [1.54, 1.807) is 12.1 Å². The fourth-order valence-corrected chi connectivity index (χ4v) is 2.36. The molecule has 0 amide bonds. The van der Waals surface area contributed by atoms with E-state index in [1.807, 2.05) is 18.2 Å². The summed E-state index contributed by atoms with van der Waals surface area (Å²) in [4.78, 5) is 14.1. The van der Waals surface area contributed by atoms with E-state index in [0.717, 1.165) is 19.4 Å². The Labute approximate surface area is 114 Å². The number of rotatable bonds is 4. The number of carbonyl (C=O) groups is 1. The quantitative estimate of drug-likeness (QED) is 0.664. The van der Waals surface area contributed by atoms with Gasteiger partial charge in [-0.1, -0.05) is 18.2 Å². The average molecular weight is 262 g/mol. The van der Waals surface area contributed by atoms with Gasteiger partial charge in [-0.25, -0.2) is 4.79 Å². The SMILES string of the molecule is C[C@H]1C[C@H](NCOC(=O)c2ccccc2)CCN1C. The van der Waals surface area contributed by atoms with Crippen molar-refractivity contribution < 1.29 is 9.53 Å². The van der Waals surface area contributed by atoms with Crippen LogP contribution in [-0.2, 0) is 4.74 Å². The summed E-state index contributed by atoms with van der Waals surface area (Å²) in [7, 11) is 2.15. The van der Waals surface area contributed by atoms with Crippen LogP contribution in [0.2, 0.25) is 0 Å². The second-order valence-corrected chi connectivity index (χ2v) is 5.20. The van der Waals surface area contributed by atoms with Crippen LogP contribution in [0, 0.1) is 0 Å². The molecule has 0 aromatic heterocycles. The van der Waals surface area contributed by atoms with Crippen molar-refractivity contribution in [2.75, 3.05) is 20.3 Å². The van der Waals surface area contributed by atoms with E-state index in [0.29, 0.717) is 17.6 Å². The summed E-state index contributed by atoms with van der Waals surface area (Å²) in [6, 6.07) is 10.1. The topological polar surface area (TPSA) is 41.6 Å². The molecule has 1 heterocycles. The molecular weight excluding hydrogens is 240 g/mol. The fraction of sp³-hybridized carbons (Fsp3) is 0.533. The summed E-state index contributed by atoms with van der Waals surface area (Å²) in [6.07, 6.45) is 2.20. The van der Waals surface area contributed by atoms with Crippen molar-refractivity contribution in [1.29, 1.82) is 0 Å². The average Bonchev–Trinajstić information content (AvgIpc) is 2.43. The number of ether oxygens (including phenoxy) is 1. The van der Waals surface area contributed by atoms with Crippen LogP contribution < -0.4 is 5.32 Å². The van der Waals surface area contributed by atoms with Gasteiger partial charge in [-0.15, -0.1) is 0 Å². The lowest BCUT2D eigenvalue weighted by molar-refractivity contribution is 0.0432. The van der Waals surface area contributed by atoms with Gasteiger partial charge in [0.25, 0.3) is 0 Å². The van der Waals surface area contributed by atoms with Gasteiger partial charge in [-0.2, -0.15) is 0 Å². The predicted molar refractivity (Wildman–Crippen MR) is 75.0 cm³/mol. The molecule has 1 aromatic carbocycles. The van der Waals surface area contributed by atoms with Crippen molar-refractivity contribution in [3.63, 3.8) is 0 Å². The maximum atomic E-state index is 11.7. The van der Waals surface area contributed by atoms with Gasteiger partial charge < -0.3 is 9.64 Å². The van der Waals surface area contributed by atoms with E-state index in [4.69, 9.17) is 4.74 Å². The Kier molecular flexibility index (Phi) is 4.93. The third-order valence-corrected chi connectivity index (χ3v) is 3.79. The summed E-state index contributed by atoms with van der Waals surface area (Å²) >= 11 is 0. The summed E-state index contributed by atoms with van der Waals surface area (Å²) in [5.74, 6) is -0.269. The number of carbonyl (C=O) groups excluding carboxylic acids is 1. The second-order valence-electron chi connectivity index (χ2n) is 5.20. The molecule has 19 heavy (non-hydrogen) atoms. The standard InChI is InChI=1S/C15H22N2O2/c1-12-10-14(8-9-17(12)2)16-11-19-15(18)13-6-4-3-5-7-13/h3-7,12,14,16H,8-11H2,1-2H3/t12-,14+/m0/s1. The third-order valence-electron chi connectivity index (χ3n) is 3.79. The molecule has 0 aliphatic carbocycles. The van der Waals surface area contributed by atoms with Gasteiger partial charge in [0, 0.05) is 12.1 Å². The number of esters is 1. The second kappa shape index (κ2) is 6.68. The highest BCUT2D eigenvalue weighted by Gasteiger charge is 2.22. The van der Waals surface area contributed by atoms with Crippen LogP contribution >= 0.6 is 0 Å². The van der Waals surface area contributed by atoms with Crippen molar-refractivity contribution >= 4 is 5.97 Å². The molecule has 1 N–H and O–H groups in total. The van der Waals surface area contributed by atoms with E-state index >= 15 is 0 Å². The molecule has 0 spiro atoms. The number of piperidine rings is 1. The van der Waals surface area contributed by atoms with E-state index in [2.05, 4.69) is 24.2 Å². The molecule has 1 fully saturated rings. The van der Waals surface area contributed by atoms with E-state index < -0.39 is 0 Å². The molecule has 1 aliphatic rings. The number of nitrogens with one attached hydrogen (secondary N) is 1. The maximum absolute atomic E-state index is 11.7. The first-order valence-corrected chi connectivity index (χ1v) is 6.82. The lowest BCUT2D eigenvalue weighted by Gasteiger charge is -2.35. The minimum Gasteiger partial charge on any atom is -0.446 e. The summed E-state index contributed by atoms with van der Waals surface area (Å²) in [5, 5.41) is 3.30. The summed E-state index contributed by atoms with van der Waals surface area (Å²) in [5.41, 5.74) is 0.598. The van der Waals surface area contributed by atoms with Crippen molar-refractivity contribution in [3.05, 3.63) is 35.9 Å². The van der Waals surface area contributed by atoms with Crippen LogP contribution in [0.5, 0.6) is 0 Å². The smallest absolute Gasteiger partial charge is 0.339 e. The molecule has 1 aliphatic heterocycles. The predicted octanol–water partition coefficient (Wildman–Crippen LogP) is 1.87. The van der Waals surface area contributed by atoms with E-state index in [-0.39, 0.29) is 12.7 Å². The third kappa shape index (κ3) is 4.04. The molecule has 4 nitrogen and oxygen atoms in total. The highest BCUT2D eigenvalue weighted by atomic mass is 16.5. The summed E-state index contributed by atoms with van der Waals surface area (Å²) in [6.45, 7) is 3.60. The first-order chi connectivity index (χ1) is 9.16. The van der Waals surface area contributed by atoms with Crippen LogP contribution in [0.15, 0.2) is 30.3 Å². The highest BCUT2D eigenvalue weighted by molar-refractivity contribution is 5.89. The Hall–Kier alpha value is -1.39. The molecule has 1 aromatic rings. The molecule has 0 radical (unpaired) electrons. The molecule has 4 heteroatoms. The Bertz CT molecular complexity index is 408. The molecule has 2 atom stereocenters. The first kappa shape index (κ1) is 14.0. The number of hydrogen-bond acceptors (Lipinski definition) is 4. The minimum atomic E-state index is -0.269. The Balaban J connectivity index is 1.71. The maximum Gasteiger partial charge on any atom is 0.339 e. The molecular formula is C15H22N2O2. The van der Waals surface area contributed by atoms with Gasteiger partial charge in [0.1, 0.15) is 6.73 Å². The first-order valence-electron chi connectivity index (χ1n) is 6.82. The molecule has 2 rings (SSSR count). The molecule has 104 valence electrons. The van der Waals surface area contributed by atoms with Crippen LogP contribution in [0.25, 0.3) is 0 Å². The number of benzene rings is 1. The fourth-order valence-electron chi connectivity index (χ4n) is 2.36. The molecule has 0 unspecified atom stereocenters. The van der Waals surface area contributed by atoms with Crippen molar-refractivity contribution in [1.82, 2.24) is 10.2 Å². The zero-order valence-corrected chi connectivity index (χ0v) is 11.6.